The number of halogens is 3. The lowest BCUT2D eigenvalue weighted by Crippen LogP contribution is -2.16. The van der Waals surface area contributed by atoms with Gasteiger partial charge in [0.05, 0.1) is 10.7 Å². The van der Waals surface area contributed by atoms with Crippen LogP contribution in [0.3, 0.4) is 0 Å². The Morgan fingerprint density at radius 1 is 1.42 bits per heavy atom. The molecule has 0 radical (unpaired) electrons. The lowest BCUT2D eigenvalue weighted by molar-refractivity contribution is 0.0666. The summed E-state index contributed by atoms with van der Waals surface area (Å²) in [5, 5.41) is 12.4. The molecule has 0 atom stereocenters. The van der Waals surface area contributed by atoms with E-state index in [0.717, 1.165) is 15.1 Å². The molecular formula is C15H9BrClFN2O4. The van der Waals surface area contributed by atoms with E-state index in [0.29, 0.717) is 10.7 Å². The minimum atomic E-state index is -1.41. The Kier molecular flexibility index (Phi) is 4.10. The molecule has 1 aromatic carbocycles. The fraction of sp³-hybridized carbons (Fsp3) is 0.0667. The van der Waals surface area contributed by atoms with Gasteiger partial charge in [-0.25, -0.2) is 9.18 Å². The van der Waals surface area contributed by atoms with Crippen LogP contribution in [0.2, 0.25) is 5.02 Å². The third-order valence-electron chi connectivity index (χ3n) is 3.40. The second-order valence-corrected chi connectivity index (χ2v) is 6.25. The van der Waals surface area contributed by atoms with Crippen LogP contribution in [0.5, 0.6) is 0 Å². The normalized spacial score (nSPS) is 11.0. The summed E-state index contributed by atoms with van der Waals surface area (Å²) in [6, 6.07) is 5.63. The molecule has 9 heteroatoms. The lowest BCUT2D eigenvalue weighted by atomic mass is 10.2. The van der Waals surface area contributed by atoms with Gasteiger partial charge in [0.2, 0.25) is 5.76 Å². The minimum absolute atomic E-state index is 0.00335. The van der Waals surface area contributed by atoms with Crippen molar-refractivity contribution < 1.29 is 18.7 Å². The molecule has 6 nitrogen and oxygen atoms in total. The van der Waals surface area contributed by atoms with E-state index in [1.165, 1.54) is 7.05 Å². The summed E-state index contributed by atoms with van der Waals surface area (Å²) >= 11 is 9.38. The number of carboxylic acid groups (broad SMARTS) is 1. The maximum Gasteiger partial charge on any atom is 0.374 e. The van der Waals surface area contributed by atoms with Gasteiger partial charge in [-0.05, 0) is 18.2 Å². The number of furan rings is 1. The van der Waals surface area contributed by atoms with E-state index in [2.05, 4.69) is 21.2 Å². The van der Waals surface area contributed by atoms with Crippen molar-refractivity contribution in [2.45, 2.75) is 0 Å². The number of aryl methyl sites for hydroxylation is 1. The van der Waals surface area contributed by atoms with Gasteiger partial charge < -0.3 is 19.4 Å². The Hall–Kier alpha value is -2.32. The summed E-state index contributed by atoms with van der Waals surface area (Å²) in [5.74, 6) is -2.87. The average Bonchev–Trinajstić information content (AvgIpc) is 2.88. The van der Waals surface area contributed by atoms with Gasteiger partial charge in [-0.1, -0.05) is 27.5 Å². The number of nitrogens with one attached hydrogen (secondary N) is 1. The molecule has 0 unspecified atom stereocenters. The largest absolute Gasteiger partial charge is 0.475 e. The summed E-state index contributed by atoms with van der Waals surface area (Å²) in [6.45, 7) is 0. The zero-order chi connectivity index (χ0) is 17.6. The maximum absolute atomic E-state index is 14.0. The fourth-order valence-corrected chi connectivity index (χ4v) is 3.00. The SMILES string of the molecule is Cn1c(=O)cc(F)c2oc(C(=O)O)c(Nc3ccc(Br)cc3Cl)c21. The van der Waals surface area contributed by atoms with E-state index < -0.39 is 23.1 Å². The van der Waals surface area contributed by atoms with E-state index in [1.807, 2.05) is 0 Å². The number of aromatic carboxylic acids is 1. The van der Waals surface area contributed by atoms with Crippen LogP contribution >= 0.6 is 27.5 Å². The predicted octanol–water partition coefficient (Wildman–Crippen LogP) is 4.13. The second-order valence-electron chi connectivity index (χ2n) is 4.93. The number of anilines is 2. The third kappa shape index (κ3) is 2.67. The van der Waals surface area contributed by atoms with Crippen molar-refractivity contribution >= 4 is 56.0 Å². The molecule has 0 fully saturated rings. The minimum Gasteiger partial charge on any atom is -0.475 e. The summed E-state index contributed by atoms with van der Waals surface area (Å²) in [5.41, 5.74) is -0.646. The Labute approximate surface area is 147 Å². The van der Waals surface area contributed by atoms with Crippen molar-refractivity contribution in [2.24, 2.45) is 7.05 Å². The maximum atomic E-state index is 14.0. The van der Waals surface area contributed by atoms with E-state index >= 15 is 0 Å². The van der Waals surface area contributed by atoms with Crippen molar-refractivity contribution in [1.29, 1.82) is 0 Å². The molecule has 0 aliphatic heterocycles. The Balaban J connectivity index is 2.31. The standard InChI is InChI=1S/C15H9BrClFN2O4/c1-20-10(21)5-8(18)13-12(20)11(14(24-13)15(22)23)19-9-3-2-6(16)4-7(9)17/h2-5,19H,1H3,(H,22,23). The van der Waals surface area contributed by atoms with Crippen molar-refractivity contribution in [1.82, 2.24) is 4.57 Å². The number of aromatic nitrogens is 1. The number of hydrogen-bond acceptors (Lipinski definition) is 4. The van der Waals surface area contributed by atoms with E-state index in [1.54, 1.807) is 18.2 Å². The topological polar surface area (TPSA) is 84.5 Å². The average molecular weight is 416 g/mol. The first-order chi connectivity index (χ1) is 11.3. The molecule has 0 aliphatic carbocycles. The number of carboxylic acids is 1. The van der Waals surface area contributed by atoms with Crippen molar-refractivity contribution in [3.8, 4) is 0 Å². The van der Waals surface area contributed by atoms with Gasteiger partial charge >= 0.3 is 5.97 Å². The molecule has 2 N–H and O–H groups in total. The number of carbonyl (C=O) groups is 1. The molecule has 124 valence electrons. The Bertz CT molecular complexity index is 1040. The lowest BCUT2D eigenvalue weighted by Gasteiger charge is -2.09. The molecule has 0 saturated heterocycles. The van der Waals surface area contributed by atoms with Crippen LogP contribution in [0.4, 0.5) is 15.8 Å². The predicted molar refractivity (Wildman–Crippen MR) is 90.8 cm³/mol. The number of nitrogens with zero attached hydrogens (tertiary/aromatic N) is 1. The molecule has 0 spiro atoms. The van der Waals surface area contributed by atoms with Crippen LogP contribution in [-0.2, 0) is 7.05 Å². The third-order valence-corrected chi connectivity index (χ3v) is 4.21. The van der Waals surface area contributed by atoms with Crippen LogP contribution in [0.15, 0.2) is 37.9 Å². The molecule has 2 aromatic heterocycles. The Morgan fingerprint density at radius 2 is 2.12 bits per heavy atom. The van der Waals surface area contributed by atoms with Crippen LogP contribution in [0.1, 0.15) is 10.6 Å². The number of fused-ring (bicyclic) bond motifs is 1. The highest BCUT2D eigenvalue weighted by Crippen LogP contribution is 2.36. The zero-order valence-corrected chi connectivity index (χ0v) is 14.4. The molecule has 3 aromatic rings. The molecule has 3 rings (SSSR count). The van der Waals surface area contributed by atoms with E-state index in [-0.39, 0.29) is 16.8 Å². The van der Waals surface area contributed by atoms with Crippen molar-refractivity contribution in [2.75, 3.05) is 5.32 Å². The van der Waals surface area contributed by atoms with Gasteiger partial charge in [-0.3, -0.25) is 4.79 Å². The molecule has 0 saturated carbocycles. The molecule has 0 bridgehead atoms. The van der Waals surface area contributed by atoms with Gasteiger partial charge in [0.15, 0.2) is 11.4 Å². The second kappa shape index (κ2) is 5.95. The van der Waals surface area contributed by atoms with Gasteiger partial charge in [-0.15, -0.1) is 0 Å². The quantitative estimate of drug-likeness (QED) is 0.672. The van der Waals surface area contributed by atoms with E-state index in [4.69, 9.17) is 16.0 Å². The number of rotatable bonds is 3. The summed E-state index contributed by atoms with van der Waals surface area (Å²) < 4.78 is 20.9. The summed E-state index contributed by atoms with van der Waals surface area (Å²) in [7, 11) is 1.39. The molecule has 0 aliphatic rings. The highest BCUT2D eigenvalue weighted by Gasteiger charge is 2.25. The van der Waals surface area contributed by atoms with Crippen LogP contribution < -0.4 is 10.9 Å². The number of benzene rings is 1. The molecule has 24 heavy (non-hydrogen) atoms. The number of pyridine rings is 1. The van der Waals surface area contributed by atoms with Crippen molar-refractivity contribution in [3.05, 3.63) is 55.7 Å². The highest BCUT2D eigenvalue weighted by molar-refractivity contribution is 9.10. The van der Waals surface area contributed by atoms with Crippen LogP contribution in [0.25, 0.3) is 11.1 Å². The van der Waals surface area contributed by atoms with Gasteiger partial charge in [0.1, 0.15) is 11.2 Å². The number of hydrogen-bond donors (Lipinski definition) is 2. The highest BCUT2D eigenvalue weighted by atomic mass is 79.9. The first-order valence-electron chi connectivity index (χ1n) is 6.57. The van der Waals surface area contributed by atoms with Crippen molar-refractivity contribution in [3.63, 3.8) is 0 Å². The van der Waals surface area contributed by atoms with Gasteiger partial charge in [0.25, 0.3) is 5.56 Å². The molecule has 2 heterocycles. The van der Waals surface area contributed by atoms with Crippen LogP contribution in [0, 0.1) is 5.82 Å². The first kappa shape index (κ1) is 16.5. The van der Waals surface area contributed by atoms with Gasteiger partial charge in [-0.2, -0.15) is 0 Å². The fourth-order valence-electron chi connectivity index (χ4n) is 2.28. The van der Waals surface area contributed by atoms with E-state index in [9.17, 15) is 19.1 Å². The van der Waals surface area contributed by atoms with Gasteiger partial charge in [0, 0.05) is 17.6 Å². The summed E-state index contributed by atoms with van der Waals surface area (Å²) in [4.78, 5) is 23.3. The zero-order valence-electron chi connectivity index (χ0n) is 12.1. The Morgan fingerprint density at radius 3 is 2.75 bits per heavy atom. The monoisotopic (exact) mass is 414 g/mol. The first-order valence-corrected chi connectivity index (χ1v) is 7.74. The smallest absolute Gasteiger partial charge is 0.374 e. The summed E-state index contributed by atoms with van der Waals surface area (Å²) in [6.07, 6.45) is 0. The molecular weight excluding hydrogens is 407 g/mol. The molecule has 0 amide bonds. The van der Waals surface area contributed by atoms with Crippen LogP contribution in [-0.4, -0.2) is 15.6 Å².